The Balaban J connectivity index is 1.20. The topological polar surface area (TPSA) is 3.24 Å². The summed E-state index contributed by atoms with van der Waals surface area (Å²) < 4.78 is 0. The third-order valence-corrected chi connectivity index (χ3v) is 14.9. The molecular weight excluding hydrogens is 687 g/mol. The number of nitrogens with zero attached hydrogens (tertiary/aromatic N) is 1. The highest BCUT2D eigenvalue weighted by Gasteiger charge is 2.47. The van der Waals surface area contributed by atoms with Crippen molar-refractivity contribution >= 4 is 38.6 Å². The lowest BCUT2D eigenvalue weighted by Gasteiger charge is -2.38. The monoisotopic (exact) mass is 735 g/mol. The molecule has 11 rings (SSSR count). The summed E-state index contributed by atoms with van der Waals surface area (Å²) in [6.45, 7) is 14.3. The maximum absolute atomic E-state index is 2.57. The molecule has 0 aliphatic heterocycles. The SMILES string of the molecule is CCC(CC)(CC)c1ccc(N(c2ccc3c(c2)-c2cc4ccccc4cc2C3(C)C)c2ccc3cccc4c3c2-c2cccc3c2C4(C)c2ccccc2-3)cc1. The first-order chi connectivity index (χ1) is 27.7. The van der Waals surface area contributed by atoms with Gasteiger partial charge >= 0.3 is 0 Å². The van der Waals surface area contributed by atoms with Gasteiger partial charge in [-0.2, -0.15) is 0 Å². The Labute approximate surface area is 337 Å². The average molecular weight is 736 g/mol. The van der Waals surface area contributed by atoms with Gasteiger partial charge < -0.3 is 4.90 Å². The minimum Gasteiger partial charge on any atom is -0.310 e. The normalized spacial score (nSPS) is 16.7. The van der Waals surface area contributed by atoms with Gasteiger partial charge in [-0.3, -0.25) is 0 Å². The molecule has 0 spiro atoms. The first-order valence-electron chi connectivity index (χ1n) is 21.1. The second-order valence-electron chi connectivity index (χ2n) is 17.6. The van der Waals surface area contributed by atoms with Crippen LogP contribution in [0.1, 0.15) is 94.2 Å². The van der Waals surface area contributed by atoms with E-state index in [2.05, 4.69) is 198 Å². The van der Waals surface area contributed by atoms with Crippen LogP contribution in [0.5, 0.6) is 0 Å². The van der Waals surface area contributed by atoms with Crippen LogP contribution in [0.2, 0.25) is 0 Å². The molecule has 0 fully saturated rings. The average Bonchev–Trinajstić information content (AvgIpc) is 3.65. The molecule has 0 saturated heterocycles. The maximum Gasteiger partial charge on any atom is 0.0546 e. The number of benzene rings is 8. The highest BCUT2D eigenvalue weighted by molar-refractivity contribution is 6.13. The molecule has 8 aromatic rings. The van der Waals surface area contributed by atoms with E-state index >= 15 is 0 Å². The molecule has 0 heterocycles. The van der Waals surface area contributed by atoms with Crippen LogP contribution in [0, 0.1) is 0 Å². The van der Waals surface area contributed by atoms with Crippen molar-refractivity contribution in [3.05, 3.63) is 185 Å². The third-order valence-electron chi connectivity index (χ3n) is 14.9. The number of rotatable bonds is 7. The largest absolute Gasteiger partial charge is 0.310 e. The minimum atomic E-state index is -0.241. The van der Waals surface area contributed by atoms with Crippen LogP contribution in [0.15, 0.2) is 152 Å². The van der Waals surface area contributed by atoms with Gasteiger partial charge in [-0.05, 0) is 157 Å². The fourth-order valence-corrected chi connectivity index (χ4v) is 11.7. The Morgan fingerprint density at radius 2 is 1.07 bits per heavy atom. The predicted molar refractivity (Wildman–Crippen MR) is 243 cm³/mol. The van der Waals surface area contributed by atoms with E-state index in [1.54, 1.807) is 0 Å². The lowest BCUT2D eigenvalue weighted by atomic mass is 9.66. The van der Waals surface area contributed by atoms with Crippen molar-refractivity contribution in [2.45, 2.75) is 77.0 Å². The highest BCUT2D eigenvalue weighted by Crippen LogP contribution is 2.62. The molecule has 8 aromatic carbocycles. The Hall–Kier alpha value is -5.92. The molecular formula is C56H49N. The van der Waals surface area contributed by atoms with E-state index in [9.17, 15) is 0 Å². The first kappa shape index (κ1) is 34.3. The highest BCUT2D eigenvalue weighted by atomic mass is 15.1. The molecule has 0 bridgehead atoms. The zero-order valence-electron chi connectivity index (χ0n) is 34.0. The summed E-state index contributed by atoms with van der Waals surface area (Å²) in [6, 6.07) is 58.4. The molecule has 1 atom stereocenters. The molecule has 57 heavy (non-hydrogen) atoms. The lowest BCUT2D eigenvalue weighted by molar-refractivity contribution is 0.382. The third kappa shape index (κ3) is 4.46. The van der Waals surface area contributed by atoms with Crippen molar-refractivity contribution < 1.29 is 0 Å². The van der Waals surface area contributed by atoms with Crippen LogP contribution >= 0.6 is 0 Å². The number of hydrogen-bond acceptors (Lipinski definition) is 1. The standard InChI is InChI=1S/C56H49N/c1-7-56(8-2,9-3)38-25-27-39(28-26-38)57(40-29-30-46-45(34-40)44-32-36-16-10-11-17-37(36)33-49(44)54(46,4)5)50-31-24-35-18-14-23-48-51(35)52(50)43-21-15-20-42-41-19-12-13-22-47(41)55(48,6)53(42)43/h10-34H,7-9H2,1-6H3. The van der Waals surface area contributed by atoms with Crippen molar-refractivity contribution in [1.29, 1.82) is 0 Å². The van der Waals surface area contributed by atoms with E-state index < -0.39 is 0 Å². The van der Waals surface area contributed by atoms with Gasteiger partial charge in [0.05, 0.1) is 5.69 Å². The lowest BCUT2D eigenvalue weighted by Crippen LogP contribution is -2.27. The predicted octanol–water partition coefficient (Wildman–Crippen LogP) is 15.6. The van der Waals surface area contributed by atoms with Gasteiger partial charge in [0.1, 0.15) is 0 Å². The Bertz CT molecular complexity index is 2950. The van der Waals surface area contributed by atoms with Crippen molar-refractivity contribution in [3.8, 4) is 33.4 Å². The van der Waals surface area contributed by atoms with Crippen LogP contribution in [-0.2, 0) is 16.2 Å². The summed E-state index contributed by atoms with van der Waals surface area (Å²) >= 11 is 0. The summed E-state index contributed by atoms with van der Waals surface area (Å²) in [5, 5.41) is 5.24. The van der Waals surface area contributed by atoms with E-state index in [4.69, 9.17) is 0 Å². The second-order valence-corrected chi connectivity index (χ2v) is 17.6. The fraction of sp³-hybridized carbons (Fsp3) is 0.214. The molecule has 1 nitrogen and oxygen atoms in total. The minimum absolute atomic E-state index is 0.0998. The van der Waals surface area contributed by atoms with E-state index in [0.29, 0.717) is 0 Å². The van der Waals surface area contributed by atoms with Crippen molar-refractivity contribution in [2.24, 2.45) is 0 Å². The van der Waals surface area contributed by atoms with E-state index in [-0.39, 0.29) is 16.2 Å². The smallest absolute Gasteiger partial charge is 0.0546 e. The molecule has 0 N–H and O–H groups in total. The van der Waals surface area contributed by atoms with Crippen LogP contribution in [0.4, 0.5) is 17.1 Å². The quantitative estimate of drug-likeness (QED) is 0.158. The Morgan fingerprint density at radius 3 is 1.84 bits per heavy atom. The molecule has 0 saturated carbocycles. The van der Waals surface area contributed by atoms with E-state index in [0.717, 1.165) is 19.3 Å². The second kappa shape index (κ2) is 12.0. The molecule has 0 radical (unpaired) electrons. The van der Waals surface area contributed by atoms with Gasteiger partial charge in [0.25, 0.3) is 0 Å². The van der Waals surface area contributed by atoms with Crippen molar-refractivity contribution in [2.75, 3.05) is 4.90 Å². The molecule has 278 valence electrons. The van der Waals surface area contributed by atoms with Crippen LogP contribution < -0.4 is 4.90 Å². The van der Waals surface area contributed by atoms with Crippen molar-refractivity contribution in [3.63, 3.8) is 0 Å². The van der Waals surface area contributed by atoms with E-state index in [1.165, 1.54) is 105 Å². The van der Waals surface area contributed by atoms with Crippen LogP contribution in [0.25, 0.3) is 54.9 Å². The van der Waals surface area contributed by atoms with Crippen LogP contribution in [-0.4, -0.2) is 0 Å². The van der Waals surface area contributed by atoms with Crippen LogP contribution in [0.3, 0.4) is 0 Å². The fourth-order valence-electron chi connectivity index (χ4n) is 11.7. The number of hydrogen-bond donors (Lipinski definition) is 0. The molecule has 0 amide bonds. The van der Waals surface area contributed by atoms with E-state index in [1.807, 2.05) is 0 Å². The summed E-state index contributed by atoms with van der Waals surface area (Å²) in [4.78, 5) is 2.57. The number of anilines is 3. The van der Waals surface area contributed by atoms with Gasteiger partial charge in [0.2, 0.25) is 0 Å². The van der Waals surface area contributed by atoms with Gasteiger partial charge in [-0.25, -0.2) is 0 Å². The Morgan fingerprint density at radius 1 is 0.456 bits per heavy atom. The van der Waals surface area contributed by atoms with Gasteiger partial charge in [-0.15, -0.1) is 0 Å². The Kier molecular flexibility index (Phi) is 7.26. The molecule has 1 unspecified atom stereocenters. The summed E-state index contributed by atoms with van der Waals surface area (Å²) in [5.74, 6) is 0. The zero-order valence-corrected chi connectivity index (χ0v) is 34.0. The first-order valence-corrected chi connectivity index (χ1v) is 21.1. The van der Waals surface area contributed by atoms with Crippen molar-refractivity contribution in [1.82, 2.24) is 0 Å². The van der Waals surface area contributed by atoms with Gasteiger partial charge in [0.15, 0.2) is 0 Å². The molecule has 3 aliphatic rings. The molecule has 0 aromatic heterocycles. The summed E-state index contributed by atoms with van der Waals surface area (Å²) in [6.07, 6.45) is 3.40. The maximum atomic E-state index is 2.57. The summed E-state index contributed by atoms with van der Waals surface area (Å²) in [5.41, 5.74) is 20.0. The zero-order chi connectivity index (χ0) is 38.8. The van der Waals surface area contributed by atoms with Gasteiger partial charge in [0, 0.05) is 27.8 Å². The summed E-state index contributed by atoms with van der Waals surface area (Å²) in [7, 11) is 0. The molecule has 3 aliphatic carbocycles. The number of fused-ring (bicyclic) bond motifs is 9. The molecule has 1 heteroatoms. The van der Waals surface area contributed by atoms with Gasteiger partial charge in [-0.1, -0.05) is 144 Å².